The topological polar surface area (TPSA) is 100 Å². The molecule has 0 aliphatic carbocycles. The third kappa shape index (κ3) is 5.01. The van der Waals surface area contributed by atoms with Gasteiger partial charge in [-0.25, -0.2) is 0 Å². The number of halogens is 1. The van der Waals surface area contributed by atoms with Crippen molar-refractivity contribution in [3.8, 4) is 5.75 Å². The molecule has 170 valence electrons. The summed E-state index contributed by atoms with van der Waals surface area (Å²) in [5.41, 5.74) is -0.592. The second kappa shape index (κ2) is 10.2. The summed E-state index contributed by atoms with van der Waals surface area (Å²) < 4.78 is 7.48. The zero-order valence-electron chi connectivity index (χ0n) is 18.0. The van der Waals surface area contributed by atoms with Crippen molar-refractivity contribution in [2.75, 3.05) is 24.3 Å². The molecule has 31 heavy (non-hydrogen) atoms. The number of benzene rings is 1. The number of anilines is 3. The van der Waals surface area contributed by atoms with Crippen molar-refractivity contribution in [3.05, 3.63) is 37.6 Å². The van der Waals surface area contributed by atoms with Crippen molar-refractivity contribution < 1.29 is 14.7 Å². The van der Waals surface area contributed by atoms with E-state index in [1.54, 1.807) is 16.6 Å². The number of aromatic hydroxyl groups is 1. The van der Waals surface area contributed by atoms with E-state index in [9.17, 15) is 14.7 Å². The molecule has 2 unspecified atom stereocenters. The number of rotatable bonds is 10. The van der Waals surface area contributed by atoms with Crippen LogP contribution < -0.4 is 21.5 Å². The highest BCUT2D eigenvalue weighted by atomic mass is 35.5. The number of hydrogen-bond acceptors (Lipinski definition) is 9. The van der Waals surface area contributed by atoms with Gasteiger partial charge in [0.05, 0.1) is 41.0 Å². The second-order valence-corrected chi connectivity index (χ2v) is 8.86. The number of hydroxylamine groups is 1. The Labute approximate surface area is 190 Å². The van der Waals surface area contributed by atoms with Crippen LogP contribution in [0.4, 0.5) is 17.1 Å². The average Bonchev–Trinajstić information content (AvgIpc) is 3.20. The van der Waals surface area contributed by atoms with Crippen molar-refractivity contribution in [2.24, 2.45) is 0 Å². The molecule has 2 aromatic rings. The molecule has 3 N–H and O–H groups in total. The molecule has 0 aromatic heterocycles. The molecule has 0 radical (unpaired) electrons. The van der Waals surface area contributed by atoms with E-state index in [0.717, 1.165) is 31.2 Å². The molecule has 0 bridgehead atoms. The summed E-state index contributed by atoms with van der Waals surface area (Å²) in [5.74, 6) is -0.132. The van der Waals surface area contributed by atoms with E-state index in [1.165, 1.54) is 7.11 Å². The molecule has 0 spiro atoms. The molecule has 1 aliphatic rings. The molecule has 0 amide bonds. The quantitative estimate of drug-likeness (QED) is 0.206. The second-order valence-electron chi connectivity index (χ2n) is 7.45. The fourth-order valence-electron chi connectivity index (χ4n) is 3.62. The highest BCUT2D eigenvalue weighted by Crippen LogP contribution is 2.43. The Morgan fingerprint density at radius 3 is 2.58 bits per heavy atom. The van der Waals surface area contributed by atoms with Gasteiger partial charge in [0.1, 0.15) is 11.4 Å². The first-order valence-electron chi connectivity index (χ1n) is 10.3. The largest absolute Gasteiger partial charge is 0.505 e. The molecule has 0 saturated carbocycles. The van der Waals surface area contributed by atoms with Gasteiger partial charge in [0.15, 0.2) is 5.75 Å². The van der Waals surface area contributed by atoms with Gasteiger partial charge in [-0.3, -0.25) is 14.4 Å². The predicted molar refractivity (Wildman–Crippen MR) is 124 cm³/mol. The normalized spacial score (nSPS) is 19.8. The maximum atomic E-state index is 12.3. The molecule has 8 nitrogen and oxygen atoms in total. The smallest absolute Gasteiger partial charge is 0.253 e. The number of nitrogens with one attached hydrogen (secondary N) is 2. The van der Waals surface area contributed by atoms with Gasteiger partial charge in [0.25, 0.3) is 10.9 Å². The Hall–Kier alpha value is -1.78. The number of ether oxygens (including phenoxy) is 1. The minimum Gasteiger partial charge on any atom is -0.505 e. The molecular weight excluding hydrogens is 442 g/mol. The van der Waals surface area contributed by atoms with E-state index in [0.29, 0.717) is 16.5 Å². The van der Waals surface area contributed by atoms with Crippen LogP contribution in [0, 0.1) is 0 Å². The predicted octanol–water partition coefficient (Wildman–Crippen LogP) is 4.03. The molecule has 2 aromatic carbocycles. The van der Waals surface area contributed by atoms with E-state index in [2.05, 4.69) is 10.6 Å². The fourth-order valence-corrected chi connectivity index (χ4v) is 4.64. The standard InChI is InChI=1S/C21H28ClN3O5S/c1-5-13(15-10-7-11(3)30-15)23-16-17(20(28)19(16)27)24-14-9-8-12(22)21(18(14)26)31-25(6-2)29-4/h8-9,11,13,15,23-24,26H,5-7,10H2,1-4H3/t11?,13-,15?/m1/s1. The Morgan fingerprint density at radius 2 is 2.00 bits per heavy atom. The number of nitrogens with zero attached hydrogens (tertiary/aromatic N) is 1. The molecule has 1 fully saturated rings. The van der Waals surface area contributed by atoms with Crippen molar-refractivity contribution in [2.45, 2.75) is 63.2 Å². The first-order chi connectivity index (χ1) is 14.8. The monoisotopic (exact) mass is 469 g/mol. The molecule has 10 heteroatoms. The van der Waals surface area contributed by atoms with Gasteiger partial charge in [-0.05, 0) is 57.2 Å². The summed E-state index contributed by atoms with van der Waals surface area (Å²) in [6.45, 7) is 6.48. The lowest BCUT2D eigenvalue weighted by molar-refractivity contribution is -0.0333. The summed E-state index contributed by atoms with van der Waals surface area (Å²) in [6.07, 6.45) is 2.78. The van der Waals surface area contributed by atoms with Gasteiger partial charge in [-0.2, -0.15) is 0 Å². The Morgan fingerprint density at radius 1 is 1.29 bits per heavy atom. The maximum Gasteiger partial charge on any atom is 0.253 e. The maximum absolute atomic E-state index is 12.3. The minimum atomic E-state index is -0.631. The fraction of sp³-hybridized carbons (Fsp3) is 0.524. The first kappa shape index (κ1) is 23.9. The van der Waals surface area contributed by atoms with Crippen molar-refractivity contribution >= 4 is 40.6 Å². The van der Waals surface area contributed by atoms with E-state index in [1.807, 2.05) is 20.8 Å². The van der Waals surface area contributed by atoms with Crippen molar-refractivity contribution in [1.82, 2.24) is 4.47 Å². The molecule has 1 aliphatic heterocycles. The van der Waals surface area contributed by atoms with Crippen LogP contribution in [0.2, 0.25) is 5.02 Å². The third-order valence-corrected chi connectivity index (χ3v) is 7.03. The highest BCUT2D eigenvalue weighted by molar-refractivity contribution is 7.97. The Balaban J connectivity index is 1.83. The van der Waals surface area contributed by atoms with Gasteiger partial charge in [-0.15, -0.1) is 4.47 Å². The van der Waals surface area contributed by atoms with Crippen molar-refractivity contribution in [3.63, 3.8) is 0 Å². The molecule has 3 atom stereocenters. The highest BCUT2D eigenvalue weighted by Gasteiger charge is 2.32. The SMILES string of the molecule is CC[C@@H](Nc1c(Nc2ccc(Cl)c(SN(CC)OC)c2O)c(=O)c1=O)C1CCC(C)O1. The van der Waals surface area contributed by atoms with Crippen LogP contribution in [0.25, 0.3) is 0 Å². The van der Waals surface area contributed by atoms with E-state index < -0.39 is 10.9 Å². The summed E-state index contributed by atoms with van der Waals surface area (Å²) in [5, 5.41) is 17.2. The Kier molecular flexibility index (Phi) is 7.87. The van der Waals surface area contributed by atoms with Gasteiger partial charge < -0.3 is 20.5 Å². The van der Waals surface area contributed by atoms with E-state index in [-0.39, 0.29) is 41.1 Å². The summed E-state index contributed by atoms with van der Waals surface area (Å²) in [7, 11) is 1.52. The lowest BCUT2D eigenvalue weighted by atomic mass is 10.0. The molecular formula is C21H28ClN3O5S. The van der Waals surface area contributed by atoms with Crippen LogP contribution in [-0.2, 0) is 9.57 Å². The van der Waals surface area contributed by atoms with E-state index in [4.69, 9.17) is 21.2 Å². The van der Waals surface area contributed by atoms with Crippen LogP contribution in [0.5, 0.6) is 5.75 Å². The number of phenolic OH excluding ortho intramolecular Hbond substituents is 1. The third-order valence-electron chi connectivity index (χ3n) is 5.39. The van der Waals surface area contributed by atoms with Gasteiger partial charge in [0.2, 0.25) is 0 Å². The lowest BCUT2D eigenvalue weighted by Crippen LogP contribution is -2.42. The summed E-state index contributed by atoms with van der Waals surface area (Å²) >= 11 is 7.38. The number of hydrogen-bond donors (Lipinski definition) is 3. The van der Waals surface area contributed by atoms with Gasteiger partial charge in [-0.1, -0.05) is 18.5 Å². The number of phenols is 1. The van der Waals surface area contributed by atoms with Gasteiger partial charge in [0, 0.05) is 6.54 Å². The molecule has 1 heterocycles. The minimum absolute atomic E-state index is 0.0155. The van der Waals surface area contributed by atoms with Crippen LogP contribution >= 0.6 is 23.5 Å². The van der Waals surface area contributed by atoms with Crippen LogP contribution in [0.1, 0.15) is 40.0 Å². The van der Waals surface area contributed by atoms with Crippen LogP contribution in [-0.4, -0.2) is 41.5 Å². The van der Waals surface area contributed by atoms with Crippen molar-refractivity contribution in [1.29, 1.82) is 0 Å². The van der Waals surface area contributed by atoms with E-state index >= 15 is 0 Å². The molecule has 1 saturated heterocycles. The van der Waals surface area contributed by atoms with Crippen LogP contribution in [0.3, 0.4) is 0 Å². The summed E-state index contributed by atoms with van der Waals surface area (Å²) in [4.78, 5) is 30.1. The zero-order valence-corrected chi connectivity index (χ0v) is 19.6. The molecule has 3 rings (SSSR count). The van der Waals surface area contributed by atoms with Crippen LogP contribution in [0.15, 0.2) is 26.6 Å². The van der Waals surface area contributed by atoms with Gasteiger partial charge >= 0.3 is 0 Å². The lowest BCUT2D eigenvalue weighted by Gasteiger charge is -2.26. The first-order valence-corrected chi connectivity index (χ1v) is 11.5. The Bertz CT molecular complexity index is 990. The zero-order chi connectivity index (χ0) is 22.7. The summed E-state index contributed by atoms with van der Waals surface area (Å²) in [6, 6.07) is 3.08. The average molecular weight is 470 g/mol.